The van der Waals surface area contributed by atoms with E-state index in [-0.39, 0.29) is 34.9 Å². The van der Waals surface area contributed by atoms with Gasteiger partial charge < -0.3 is 20.8 Å². The third kappa shape index (κ3) is 5.18. The molecule has 0 aromatic heterocycles. The van der Waals surface area contributed by atoms with Crippen LogP contribution in [0.25, 0.3) is 0 Å². The zero-order valence-electron chi connectivity index (χ0n) is 19.5. The second-order valence-corrected chi connectivity index (χ2v) is 12.3. The minimum atomic E-state index is -0.452. The lowest BCUT2D eigenvalue weighted by Gasteiger charge is -2.62. The van der Waals surface area contributed by atoms with Crippen LogP contribution in [0.2, 0.25) is 0 Å². The molecule has 3 atom stereocenters. The summed E-state index contributed by atoms with van der Waals surface area (Å²) in [6.45, 7) is 10.9. The maximum Gasteiger partial charge on any atom is 0.290 e. The predicted octanol–water partition coefficient (Wildman–Crippen LogP) is 3.47. The highest BCUT2D eigenvalue weighted by Gasteiger charge is 2.59. The summed E-state index contributed by atoms with van der Waals surface area (Å²) in [7, 11) is 0. The molecule has 6 nitrogen and oxygen atoms in total. The maximum atomic E-state index is 12.9. The number of amides is 1. The van der Waals surface area contributed by atoms with Gasteiger partial charge in [-0.15, -0.1) is 0 Å². The summed E-state index contributed by atoms with van der Waals surface area (Å²) in [6.07, 6.45) is 9.29. The van der Waals surface area contributed by atoms with E-state index >= 15 is 0 Å². The lowest BCUT2D eigenvalue weighted by Crippen LogP contribution is -2.62. The molecule has 0 aromatic carbocycles. The van der Waals surface area contributed by atoms with Gasteiger partial charge in [0.05, 0.1) is 5.60 Å². The number of carboxylic acid groups (broad SMARTS) is 1. The van der Waals surface area contributed by atoms with Gasteiger partial charge in [0.25, 0.3) is 6.47 Å². The molecule has 5 fully saturated rings. The van der Waals surface area contributed by atoms with Crippen LogP contribution in [0.1, 0.15) is 92.4 Å². The van der Waals surface area contributed by atoms with Gasteiger partial charge in [-0.1, -0.05) is 0 Å². The maximum absolute atomic E-state index is 12.9. The Kier molecular flexibility index (Phi) is 6.34. The van der Waals surface area contributed by atoms with E-state index in [9.17, 15) is 9.90 Å². The standard InChI is InChI=1S/C23H40N2O2.CH2O2/c1-15(22-10-16-6-17(11-22)13-23(27,12-16)14-22)24-19(26)7-18-8-20(2,3)25-21(4,5)9-18;2-1-3/h15-18,25,27H,6-14H2,1-5H3,(H,24,26);1H,(H,2,3). The fourth-order valence-electron chi connectivity index (χ4n) is 8.18. The van der Waals surface area contributed by atoms with E-state index in [0.717, 1.165) is 32.1 Å². The predicted molar refractivity (Wildman–Crippen MR) is 117 cm³/mol. The van der Waals surface area contributed by atoms with Crippen molar-refractivity contribution in [1.82, 2.24) is 10.6 Å². The lowest BCUT2D eigenvalue weighted by molar-refractivity contribution is -0.173. The molecule has 4 N–H and O–H groups in total. The van der Waals surface area contributed by atoms with Crippen molar-refractivity contribution >= 4 is 12.4 Å². The normalized spacial score (nSPS) is 39.5. The SMILES string of the molecule is CC(NC(=O)CC1CC(C)(C)NC(C)(C)C1)C12CC3CC(CC(O)(C3)C1)C2.O=CO. The molecule has 0 radical (unpaired) electrons. The van der Waals surface area contributed by atoms with Crippen molar-refractivity contribution in [3.05, 3.63) is 0 Å². The van der Waals surface area contributed by atoms with E-state index in [1.165, 1.54) is 19.3 Å². The van der Waals surface area contributed by atoms with Gasteiger partial charge in [0.15, 0.2) is 0 Å². The molecule has 5 aliphatic rings. The first-order valence-electron chi connectivity index (χ1n) is 11.7. The molecule has 1 aliphatic heterocycles. The highest BCUT2D eigenvalue weighted by Crippen LogP contribution is 2.62. The molecule has 30 heavy (non-hydrogen) atoms. The van der Waals surface area contributed by atoms with E-state index in [4.69, 9.17) is 9.90 Å². The molecule has 4 aliphatic carbocycles. The van der Waals surface area contributed by atoms with Crippen molar-refractivity contribution < 1.29 is 19.8 Å². The summed E-state index contributed by atoms with van der Waals surface area (Å²) in [4.78, 5) is 21.3. The number of carbonyl (C=O) groups is 2. The molecule has 172 valence electrons. The van der Waals surface area contributed by atoms with Crippen LogP contribution >= 0.6 is 0 Å². The fraction of sp³-hybridized carbons (Fsp3) is 0.917. The minimum absolute atomic E-state index is 0.0848. The Bertz CT molecular complexity index is 630. The smallest absolute Gasteiger partial charge is 0.290 e. The van der Waals surface area contributed by atoms with Crippen LogP contribution in [0.15, 0.2) is 0 Å². The minimum Gasteiger partial charge on any atom is -0.483 e. The molecular weight excluding hydrogens is 380 g/mol. The Labute approximate surface area is 181 Å². The molecule has 3 unspecified atom stereocenters. The van der Waals surface area contributed by atoms with Gasteiger partial charge in [0, 0.05) is 23.5 Å². The zero-order valence-corrected chi connectivity index (χ0v) is 19.5. The average molecular weight is 423 g/mol. The number of hydrogen-bond donors (Lipinski definition) is 4. The Balaban J connectivity index is 0.000000806. The lowest BCUT2D eigenvalue weighted by atomic mass is 9.46. The summed E-state index contributed by atoms with van der Waals surface area (Å²) in [5, 5.41) is 25.0. The second kappa shape index (κ2) is 8.09. The molecule has 6 heteroatoms. The first kappa shape index (κ1) is 23.5. The van der Waals surface area contributed by atoms with Gasteiger partial charge in [0.2, 0.25) is 5.91 Å². The molecule has 4 saturated carbocycles. The van der Waals surface area contributed by atoms with Crippen LogP contribution in [0, 0.1) is 23.2 Å². The third-order valence-electron chi connectivity index (χ3n) is 8.12. The van der Waals surface area contributed by atoms with Gasteiger partial charge in [-0.3, -0.25) is 9.59 Å². The van der Waals surface area contributed by atoms with Gasteiger partial charge in [0.1, 0.15) is 0 Å². The van der Waals surface area contributed by atoms with E-state index in [1.807, 2.05) is 0 Å². The molecule has 1 saturated heterocycles. The Hall–Kier alpha value is -1.14. The zero-order chi connectivity index (χ0) is 22.4. The molecule has 1 amide bonds. The highest BCUT2D eigenvalue weighted by molar-refractivity contribution is 5.76. The topological polar surface area (TPSA) is 98.7 Å². The Morgan fingerprint density at radius 2 is 1.57 bits per heavy atom. The molecule has 0 spiro atoms. The largest absolute Gasteiger partial charge is 0.483 e. The van der Waals surface area contributed by atoms with Crippen LogP contribution in [0.4, 0.5) is 0 Å². The average Bonchev–Trinajstić information content (AvgIpc) is 2.49. The van der Waals surface area contributed by atoms with Crippen molar-refractivity contribution in [2.24, 2.45) is 23.2 Å². The summed E-state index contributed by atoms with van der Waals surface area (Å²) >= 11 is 0. The quantitative estimate of drug-likeness (QED) is 0.520. The van der Waals surface area contributed by atoms with Crippen molar-refractivity contribution in [1.29, 1.82) is 0 Å². The van der Waals surface area contributed by atoms with Crippen molar-refractivity contribution in [3.8, 4) is 0 Å². The first-order chi connectivity index (χ1) is 13.8. The first-order valence-corrected chi connectivity index (χ1v) is 11.7. The Morgan fingerprint density at radius 1 is 1.07 bits per heavy atom. The summed E-state index contributed by atoms with van der Waals surface area (Å²) < 4.78 is 0. The summed E-state index contributed by atoms with van der Waals surface area (Å²) in [5.41, 5.74) is -0.156. The second-order valence-electron chi connectivity index (χ2n) is 12.3. The molecule has 4 bridgehead atoms. The summed E-state index contributed by atoms with van der Waals surface area (Å²) in [6, 6.07) is 0.171. The molecular formula is C24H42N2O4. The van der Waals surface area contributed by atoms with E-state index in [0.29, 0.717) is 24.2 Å². The van der Waals surface area contributed by atoms with E-state index in [1.54, 1.807) is 0 Å². The number of nitrogens with one attached hydrogen (secondary N) is 2. The van der Waals surface area contributed by atoms with Crippen molar-refractivity contribution in [2.75, 3.05) is 0 Å². The number of carbonyl (C=O) groups excluding carboxylic acids is 1. The summed E-state index contributed by atoms with van der Waals surface area (Å²) in [5.74, 6) is 1.98. The monoisotopic (exact) mass is 422 g/mol. The molecule has 0 aromatic rings. The van der Waals surface area contributed by atoms with Crippen LogP contribution in [0.3, 0.4) is 0 Å². The van der Waals surface area contributed by atoms with Crippen molar-refractivity contribution in [2.45, 2.75) is 115 Å². The number of hydrogen-bond acceptors (Lipinski definition) is 4. The van der Waals surface area contributed by atoms with Crippen molar-refractivity contribution in [3.63, 3.8) is 0 Å². The number of piperidine rings is 1. The van der Waals surface area contributed by atoms with Gasteiger partial charge in [-0.05, 0) is 109 Å². The fourth-order valence-corrected chi connectivity index (χ4v) is 8.18. The number of aliphatic hydroxyl groups is 1. The van der Waals surface area contributed by atoms with Gasteiger partial charge in [-0.2, -0.15) is 0 Å². The molecule has 5 rings (SSSR count). The van der Waals surface area contributed by atoms with Crippen LogP contribution in [0.5, 0.6) is 0 Å². The highest BCUT2D eigenvalue weighted by atomic mass is 16.3. The van der Waals surface area contributed by atoms with E-state index in [2.05, 4.69) is 45.3 Å². The van der Waals surface area contributed by atoms with Crippen LogP contribution in [-0.4, -0.2) is 45.3 Å². The van der Waals surface area contributed by atoms with Gasteiger partial charge in [-0.25, -0.2) is 0 Å². The van der Waals surface area contributed by atoms with Gasteiger partial charge >= 0.3 is 0 Å². The van der Waals surface area contributed by atoms with Crippen LogP contribution < -0.4 is 10.6 Å². The Morgan fingerprint density at radius 3 is 2.03 bits per heavy atom. The molecule has 1 heterocycles. The third-order valence-corrected chi connectivity index (χ3v) is 8.12. The number of rotatable bonds is 4. The van der Waals surface area contributed by atoms with E-state index < -0.39 is 5.60 Å². The van der Waals surface area contributed by atoms with Crippen LogP contribution in [-0.2, 0) is 9.59 Å².